The van der Waals surface area contributed by atoms with E-state index in [1.807, 2.05) is 30.3 Å². The lowest BCUT2D eigenvalue weighted by molar-refractivity contribution is -0.118. The number of anilines is 1. The van der Waals surface area contributed by atoms with E-state index in [0.717, 1.165) is 6.42 Å². The summed E-state index contributed by atoms with van der Waals surface area (Å²) in [5.41, 5.74) is 2.18. The molecular weight excluding hydrogens is 288 g/mol. The lowest BCUT2D eigenvalue weighted by atomic mass is 9.99. The second-order valence-corrected chi connectivity index (χ2v) is 5.37. The van der Waals surface area contributed by atoms with Crippen molar-refractivity contribution in [3.63, 3.8) is 0 Å². The number of hydrogen-bond acceptors (Lipinski definition) is 3. The molecule has 2 rings (SSSR count). The van der Waals surface area contributed by atoms with Crippen LogP contribution >= 0.6 is 0 Å². The third-order valence-corrected chi connectivity index (χ3v) is 3.75. The quantitative estimate of drug-likeness (QED) is 0.874. The Balaban J connectivity index is 1.91. The average molecular weight is 308 g/mol. The Bertz CT molecular complexity index is 702. The molecule has 1 N–H and O–H groups in total. The van der Waals surface area contributed by atoms with Crippen LogP contribution < -0.4 is 10.1 Å². The van der Waals surface area contributed by atoms with E-state index in [-0.39, 0.29) is 12.5 Å². The molecule has 0 unspecified atom stereocenters. The molecule has 4 nitrogen and oxygen atoms in total. The van der Waals surface area contributed by atoms with Crippen LogP contribution in [0.1, 0.15) is 37.3 Å². The molecule has 0 aliphatic heterocycles. The van der Waals surface area contributed by atoms with Crippen molar-refractivity contribution in [2.45, 2.75) is 26.2 Å². The fourth-order valence-electron chi connectivity index (χ4n) is 2.15. The zero-order chi connectivity index (χ0) is 16.7. The molecule has 0 fully saturated rings. The first-order valence-electron chi connectivity index (χ1n) is 7.65. The summed E-state index contributed by atoms with van der Waals surface area (Å²) in [5, 5.41) is 11.7. The summed E-state index contributed by atoms with van der Waals surface area (Å²) in [6.45, 7) is 4.23. The summed E-state index contributed by atoms with van der Waals surface area (Å²) in [5.74, 6) is 0.870. The molecule has 118 valence electrons. The first-order chi connectivity index (χ1) is 11.1. The standard InChI is InChI=1S/C19H20N2O2/c1-3-14(2)15-8-10-17(11-9-15)23-13-19(22)21-18-7-5-4-6-16(18)12-20/h4-11,14H,3,13H2,1-2H3,(H,21,22)/t14-/m1/s1. The summed E-state index contributed by atoms with van der Waals surface area (Å²) < 4.78 is 5.49. The van der Waals surface area contributed by atoms with Crippen molar-refractivity contribution in [3.05, 3.63) is 59.7 Å². The van der Waals surface area contributed by atoms with Crippen molar-refractivity contribution in [1.82, 2.24) is 0 Å². The van der Waals surface area contributed by atoms with E-state index in [4.69, 9.17) is 10.00 Å². The molecule has 0 bridgehead atoms. The normalized spacial score (nSPS) is 11.3. The lowest BCUT2D eigenvalue weighted by Crippen LogP contribution is -2.20. The second-order valence-electron chi connectivity index (χ2n) is 5.37. The van der Waals surface area contributed by atoms with E-state index in [1.54, 1.807) is 24.3 Å². The highest BCUT2D eigenvalue weighted by Crippen LogP contribution is 2.21. The predicted octanol–water partition coefficient (Wildman–Crippen LogP) is 4.09. The Morgan fingerprint density at radius 1 is 1.22 bits per heavy atom. The van der Waals surface area contributed by atoms with Crippen molar-refractivity contribution in [3.8, 4) is 11.8 Å². The van der Waals surface area contributed by atoms with Gasteiger partial charge in [0.1, 0.15) is 11.8 Å². The fourth-order valence-corrected chi connectivity index (χ4v) is 2.15. The minimum absolute atomic E-state index is 0.0948. The van der Waals surface area contributed by atoms with Gasteiger partial charge in [0.2, 0.25) is 0 Å². The van der Waals surface area contributed by atoms with Gasteiger partial charge in [-0.1, -0.05) is 38.1 Å². The van der Waals surface area contributed by atoms with Gasteiger partial charge >= 0.3 is 0 Å². The van der Waals surface area contributed by atoms with Crippen LogP contribution in [0.15, 0.2) is 48.5 Å². The van der Waals surface area contributed by atoms with Gasteiger partial charge in [-0.05, 0) is 42.2 Å². The summed E-state index contributed by atoms with van der Waals surface area (Å²) in [6, 6.07) is 16.7. The molecule has 23 heavy (non-hydrogen) atoms. The second kappa shape index (κ2) is 8.00. The van der Waals surface area contributed by atoms with E-state index in [9.17, 15) is 4.79 Å². The zero-order valence-corrected chi connectivity index (χ0v) is 13.4. The number of nitrogens with zero attached hydrogens (tertiary/aromatic N) is 1. The largest absolute Gasteiger partial charge is 0.484 e. The van der Waals surface area contributed by atoms with E-state index in [2.05, 4.69) is 19.2 Å². The number of para-hydroxylation sites is 1. The highest BCUT2D eigenvalue weighted by Gasteiger charge is 2.08. The first kappa shape index (κ1) is 16.6. The average Bonchev–Trinajstić information content (AvgIpc) is 2.60. The van der Waals surface area contributed by atoms with Crippen LogP contribution in [0.4, 0.5) is 5.69 Å². The van der Waals surface area contributed by atoms with Gasteiger partial charge in [0.15, 0.2) is 6.61 Å². The molecule has 2 aromatic rings. The maximum Gasteiger partial charge on any atom is 0.262 e. The number of carbonyl (C=O) groups excluding carboxylic acids is 1. The lowest BCUT2D eigenvalue weighted by Gasteiger charge is -2.11. The molecule has 0 saturated heterocycles. The number of benzene rings is 2. The van der Waals surface area contributed by atoms with Crippen molar-refractivity contribution < 1.29 is 9.53 Å². The van der Waals surface area contributed by atoms with E-state index >= 15 is 0 Å². The number of nitrogens with one attached hydrogen (secondary N) is 1. The molecule has 0 aliphatic carbocycles. The molecular formula is C19H20N2O2. The SMILES string of the molecule is CC[C@@H](C)c1ccc(OCC(=O)Nc2ccccc2C#N)cc1. The Labute approximate surface area is 136 Å². The number of ether oxygens (including phenoxy) is 1. The molecule has 1 amide bonds. The van der Waals surface area contributed by atoms with Crippen LogP contribution in [-0.2, 0) is 4.79 Å². The molecule has 0 aliphatic rings. The number of amides is 1. The molecule has 0 spiro atoms. The molecule has 0 aromatic heterocycles. The molecule has 1 atom stereocenters. The fraction of sp³-hybridized carbons (Fsp3) is 0.263. The highest BCUT2D eigenvalue weighted by molar-refractivity contribution is 5.93. The van der Waals surface area contributed by atoms with Gasteiger partial charge in [-0.15, -0.1) is 0 Å². The van der Waals surface area contributed by atoms with Crippen LogP contribution in [0.25, 0.3) is 0 Å². The predicted molar refractivity (Wildman–Crippen MR) is 90.4 cm³/mol. The van der Waals surface area contributed by atoms with Crippen molar-refractivity contribution in [2.75, 3.05) is 11.9 Å². The monoisotopic (exact) mass is 308 g/mol. The van der Waals surface area contributed by atoms with Gasteiger partial charge < -0.3 is 10.1 Å². The van der Waals surface area contributed by atoms with Crippen LogP contribution in [0, 0.1) is 11.3 Å². The van der Waals surface area contributed by atoms with Gasteiger partial charge in [0.25, 0.3) is 5.91 Å². The minimum atomic E-state index is -0.293. The Kier molecular flexibility index (Phi) is 5.76. The third-order valence-electron chi connectivity index (χ3n) is 3.75. The topological polar surface area (TPSA) is 62.1 Å². The molecule has 2 aromatic carbocycles. The van der Waals surface area contributed by atoms with Crippen LogP contribution in [-0.4, -0.2) is 12.5 Å². The minimum Gasteiger partial charge on any atom is -0.484 e. The van der Waals surface area contributed by atoms with Crippen LogP contribution in [0.2, 0.25) is 0 Å². The summed E-state index contributed by atoms with van der Waals surface area (Å²) in [4.78, 5) is 11.9. The number of rotatable bonds is 6. The Morgan fingerprint density at radius 2 is 1.91 bits per heavy atom. The molecule has 0 saturated carbocycles. The number of nitriles is 1. The van der Waals surface area contributed by atoms with E-state index in [1.165, 1.54) is 5.56 Å². The smallest absolute Gasteiger partial charge is 0.262 e. The summed E-state index contributed by atoms with van der Waals surface area (Å²) in [7, 11) is 0. The maximum absolute atomic E-state index is 11.9. The third kappa shape index (κ3) is 4.58. The summed E-state index contributed by atoms with van der Waals surface area (Å²) >= 11 is 0. The van der Waals surface area contributed by atoms with Gasteiger partial charge in [0.05, 0.1) is 11.3 Å². The Hall–Kier alpha value is -2.80. The molecule has 0 radical (unpaired) electrons. The van der Waals surface area contributed by atoms with Crippen molar-refractivity contribution in [2.24, 2.45) is 0 Å². The van der Waals surface area contributed by atoms with Crippen LogP contribution in [0.3, 0.4) is 0 Å². The maximum atomic E-state index is 11.9. The van der Waals surface area contributed by atoms with Gasteiger partial charge in [-0.3, -0.25) is 4.79 Å². The molecule has 4 heteroatoms. The van der Waals surface area contributed by atoms with Gasteiger partial charge in [0, 0.05) is 0 Å². The van der Waals surface area contributed by atoms with Crippen LogP contribution in [0.5, 0.6) is 5.75 Å². The number of hydrogen-bond donors (Lipinski definition) is 1. The van der Waals surface area contributed by atoms with Crippen molar-refractivity contribution >= 4 is 11.6 Å². The highest BCUT2D eigenvalue weighted by atomic mass is 16.5. The first-order valence-corrected chi connectivity index (χ1v) is 7.65. The van der Waals surface area contributed by atoms with Crippen molar-refractivity contribution in [1.29, 1.82) is 5.26 Å². The number of carbonyl (C=O) groups is 1. The summed E-state index contributed by atoms with van der Waals surface area (Å²) in [6.07, 6.45) is 1.08. The van der Waals surface area contributed by atoms with Gasteiger partial charge in [-0.25, -0.2) is 0 Å². The van der Waals surface area contributed by atoms with E-state index in [0.29, 0.717) is 22.9 Å². The zero-order valence-electron chi connectivity index (χ0n) is 13.4. The van der Waals surface area contributed by atoms with E-state index < -0.39 is 0 Å². The Morgan fingerprint density at radius 3 is 2.57 bits per heavy atom. The molecule has 0 heterocycles. The van der Waals surface area contributed by atoms with Gasteiger partial charge in [-0.2, -0.15) is 5.26 Å².